The Balaban J connectivity index is 0.625. The number of hydrogen-bond donors (Lipinski definition) is 4. The van der Waals surface area contributed by atoms with Gasteiger partial charge in [-0.25, -0.2) is 0 Å². The predicted molar refractivity (Wildman–Crippen MR) is 314 cm³/mol. The molecule has 14 aliphatic rings. The standard InChI is InChI=1S/C68H118N8/c1-6-18-49(19-7-1)66-71-62(47-30-34-54(35-31-47)75-64-40-38-56(44-60(64)58-28-16-42-69-67(58)75)73(50-20-8-2-9-21-50)51-22-10-3-11-23-51)46-63(72-66)48-32-36-55(37-33-48)76-65-41-39-57(45-61(65)59-29-17-43-70-68(59)76)74(52-24-12-4-13-25-52)53-26-14-5-15-27-53/h47-72H,1-46H2. The van der Waals surface area contributed by atoms with Crippen molar-refractivity contribution < 1.29 is 0 Å². The van der Waals surface area contributed by atoms with E-state index in [1.807, 2.05) is 0 Å². The summed E-state index contributed by atoms with van der Waals surface area (Å²) in [5.41, 5.74) is 0. The number of rotatable bonds is 11. The minimum Gasteiger partial charge on any atom is -0.301 e. The third kappa shape index (κ3) is 11.0. The molecule has 430 valence electrons. The van der Waals surface area contributed by atoms with Crippen molar-refractivity contribution in [2.75, 3.05) is 13.1 Å². The van der Waals surface area contributed by atoms with Crippen molar-refractivity contribution in [1.82, 2.24) is 40.9 Å². The lowest BCUT2D eigenvalue weighted by Crippen LogP contribution is -2.65. The highest BCUT2D eigenvalue weighted by Crippen LogP contribution is 2.54. The van der Waals surface area contributed by atoms with Crippen LogP contribution in [0.2, 0.25) is 0 Å². The molecule has 8 heteroatoms. The molecule has 0 aromatic rings. The van der Waals surface area contributed by atoms with Crippen LogP contribution >= 0.6 is 0 Å². The Labute approximate surface area is 466 Å². The Morgan fingerprint density at radius 1 is 0.276 bits per heavy atom. The fourth-order valence-corrected chi connectivity index (χ4v) is 23.5. The first kappa shape index (κ1) is 53.7. The molecule has 8 nitrogen and oxygen atoms in total. The third-order valence-corrected chi connectivity index (χ3v) is 26.8. The fourth-order valence-electron chi connectivity index (χ4n) is 23.5. The largest absolute Gasteiger partial charge is 0.301 e. The van der Waals surface area contributed by atoms with E-state index in [1.54, 1.807) is 0 Å². The molecule has 9 aliphatic carbocycles. The van der Waals surface area contributed by atoms with Gasteiger partial charge in [-0.1, -0.05) is 96.3 Å². The Morgan fingerprint density at radius 2 is 0.645 bits per heavy atom. The molecule has 4 N–H and O–H groups in total. The highest BCUT2D eigenvalue weighted by Gasteiger charge is 2.57. The molecule has 12 unspecified atom stereocenters. The SMILES string of the molecule is C1CCC(C2NC(C3CCC(N4C5CCC(N(C6CCCCC6)C6CCCCC6)CC5C5CCCNC54)CC3)CC(C3CCC(N4C5CCC(N(C6CCCCC6)C6CCCCC6)CC5C5CCCNC54)CC3)N2)CC1. The second kappa shape index (κ2) is 24.9. The van der Waals surface area contributed by atoms with E-state index in [0.717, 1.165) is 102 Å². The average molecular weight is 1050 g/mol. The predicted octanol–water partition coefficient (Wildman–Crippen LogP) is 13.6. The van der Waals surface area contributed by atoms with Gasteiger partial charge in [-0.2, -0.15) is 0 Å². The molecule has 0 radical (unpaired) electrons. The van der Waals surface area contributed by atoms with Gasteiger partial charge < -0.3 is 10.6 Å². The average Bonchev–Trinajstić information content (AvgIpc) is 4.02. The molecule has 14 fully saturated rings. The number of hydrogen-bond acceptors (Lipinski definition) is 8. The first-order chi connectivity index (χ1) is 37.7. The van der Waals surface area contributed by atoms with Crippen LogP contribution in [0.3, 0.4) is 0 Å². The molecule has 0 bridgehead atoms. The molecule has 14 rings (SSSR count). The quantitative estimate of drug-likeness (QED) is 0.163. The number of fused-ring (bicyclic) bond motifs is 6. The Bertz CT molecular complexity index is 1630. The van der Waals surface area contributed by atoms with Gasteiger partial charge in [-0.15, -0.1) is 0 Å². The smallest absolute Gasteiger partial charge is 0.0634 e. The van der Waals surface area contributed by atoms with E-state index in [9.17, 15) is 0 Å². The zero-order valence-corrected chi connectivity index (χ0v) is 49.0. The normalized spacial score (nSPS) is 45.6. The molecule has 76 heavy (non-hydrogen) atoms. The van der Waals surface area contributed by atoms with E-state index in [2.05, 4.69) is 40.9 Å². The van der Waals surface area contributed by atoms with Crippen molar-refractivity contribution in [2.24, 2.45) is 41.4 Å². The molecule has 5 aliphatic heterocycles. The van der Waals surface area contributed by atoms with E-state index in [4.69, 9.17) is 0 Å². The third-order valence-electron chi connectivity index (χ3n) is 26.8. The van der Waals surface area contributed by atoms with Crippen molar-refractivity contribution in [2.45, 2.75) is 374 Å². The van der Waals surface area contributed by atoms with Gasteiger partial charge in [-0.3, -0.25) is 30.2 Å². The lowest BCUT2D eigenvalue weighted by atomic mass is 9.72. The van der Waals surface area contributed by atoms with Gasteiger partial charge in [0.05, 0.1) is 18.5 Å². The molecule has 0 aromatic carbocycles. The van der Waals surface area contributed by atoms with Crippen LogP contribution in [-0.4, -0.2) is 124 Å². The van der Waals surface area contributed by atoms with Crippen LogP contribution in [-0.2, 0) is 0 Å². The van der Waals surface area contributed by atoms with E-state index in [1.165, 1.54) is 296 Å². The van der Waals surface area contributed by atoms with Crippen LogP contribution in [0.5, 0.6) is 0 Å². The summed E-state index contributed by atoms with van der Waals surface area (Å²) in [6, 6.07) is 10.0. The monoisotopic (exact) mass is 1050 g/mol. The summed E-state index contributed by atoms with van der Waals surface area (Å²) in [4.78, 5) is 13.0. The van der Waals surface area contributed by atoms with Crippen LogP contribution < -0.4 is 21.3 Å². The van der Waals surface area contributed by atoms with Crippen LogP contribution in [0.25, 0.3) is 0 Å². The summed E-state index contributed by atoms with van der Waals surface area (Å²) in [5, 5.41) is 17.6. The van der Waals surface area contributed by atoms with Crippen molar-refractivity contribution in [3.05, 3.63) is 0 Å². The maximum Gasteiger partial charge on any atom is 0.0634 e. The molecule has 0 amide bonds. The zero-order chi connectivity index (χ0) is 50.4. The van der Waals surface area contributed by atoms with Gasteiger partial charge in [0.25, 0.3) is 0 Å². The number of nitrogens with one attached hydrogen (secondary N) is 4. The summed E-state index contributed by atoms with van der Waals surface area (Å²) >= 11 is 0. The first-order valence-corrected chi connectivity index (χ1v) is 35.8. The van der Waals surface area contributed by atoms with Crippen LogP contribution in [0.15, 0.2) is 0 Å². The maximum absolute atomic E-state index is 4.51. The first-order valence-electron chi connectivity index (χ1n) is 35.8. The van der Waals surface area contributed by atoms with Crippen LogP contribution in [0.1, 0.15) is 283 Å². The molecular formula is C68H118N8. The van der Waals surface area contributed by atoms with E-state index < -0.39 is 0 Å². The van der Waals surface area contributed by atoms with Crippen molar-refractivity contribution in [3.8, 4) is 0 Å². The molecule has 5 saturated heterocycles. The minimum atomic E-state index is 0.548. The molecular weight excluding hydrogens is 929 g/mol. The number of nitrogens with zero attached hydrogens (tertiary/aromatic N) is 4. The Hall–Kier alpha value is -0.320. The summed E-state index contributed by atoms with van der Waals surface area (Å²) in [6.45, 7) is 2.52. The van der Waals surface area contributed by atoms with Gasteiger partial charge in [0, 0.05) is 72.5 Å². The zero-order valence-electron chi connectivity index (χ0n) is 49.0. The number of likely N-dealkylation sites (tertiary alicyclic amines) is 2. The van der Waals surface area contributed by atoms with Crippen molar-refractivity contribution in [3.63, 3.8) is 0 Å². The van der Waals surface area contributed by atoms with Gasteiger partial charge >= 0.3 is 0 Å². The van der Waals surface area contributed by atoms with Gasteiger partial charge in [0.15, 0.2) is 0 Å². The van der Waals surface area contributed by atoms with Crippen LogP contribution in [0.4, 0.5) is 0 Å². The van der Waals surface area contributed by atoms with Gasteiger partial charge in [-0.05, 0) is 241 Å². The molecule has 9 saturated carbocycles. The maximum atomic E-state index is 4.51. The summed E-state index contributed by atoms with van der Waals surface area (Å²) in [7, 11) is 0. The highest BCUT2D eigenvalue weighted by molar-refractivity contribution is 5.11. The number of piperidine rings is 2. The van der Waals surface area contributed by atoms with Crippen molar-refractivity contribution >= 4 is 0 Å². The lowest BCUT2D eigenvalue weighted by Gasteiger charge is -2.51. The molecule has 12 atom stereocenters. The van der Waals surface area contributed by atoms with Crippen LogP contribution in [0, 0.1) is 41.4 Å². The van der Waals surface area contributed by atoms with E-state index in [-0.39, 0.29) is 0 Å². The molecule has 0 aromatic heterocycles. The van der Waals surface area contributed by atoms with Gasteiger partial charge in [0.2, 0.25) is 0 Å². The molecule has 5 heterocycles. The van der Waals surface area contributed by atoms with E-state index in [0.29, 0.717) is 30.6 Å². The minimum absolute atomic E-state index is 0.548. The second-order valence-electron chi connectivity index (χ2n) is 30.6. The Morgan fingerprint density at radius 3 is 1.03 bits per heavy atom. The van der Waals surface area contributed by atoms with Crippen molar-refractivity contribution in [1.29, 1.82) is 0 Å². The second-order valence-corrected chi connectivity index (χ2v) is 30.6. The summed E-state index contributed by atoms with van der Waals surface area (Å²) in [6.07, 6.45) is 66.9. The van der Waals surface area contributed by atoms with E-state index >= 15 is 0 Å². The summed E-state index contributed by atoms with van der Waals surface area (Å²) < 4.78 is 0. The highest BCUT2D eigenvalue weighted by atomic mass is 15.4. The fraction of sp³-hybridized carbons (Fsp3) is 1.00. The van der Waals surface area contributed by atoms with Gasteiger partial charge in [0.1, 0.15) is 0 Å². The molecule has 0 spiro atoms. The topological polar surface area (TPSA) is 61.1 Å². The Kier molecular flexibility index (Phi) is 17.6. The summed E-state index contributed by atoms with van der Waals surface area (Å²) in [5.74, 6) is 6.22. The lowest BCUT2D eigenvalue weighted by molar-refractivity contribution is -0.0110.